The molecule has 0 radical (unpaired) electrons. The van der Waals surface area contributed by atoms with Gasteiger partial charge in [-0.2, -0.15) is 0 Å². The van der Waals surface area contributed by atoms with Crippen LogP contribution in [-0.2, 0) is 6.54 Å². The SMILES string of the molecule is CC(O)C[n+]1cc[nH]c1. The Balaban J connectivity index is 2.48. The Morgan fingerprint density at radius 3 is 3.00 bits per heavy atom. The molecule has 0 spiro atoms. The molecular weight excluding hydrogens is 116 g/mol. The Labute approximate surface area is 54.0 Å². The average molecular weight is 127 g/mol. The number of aromatic nitrogens is 2. The van der Waals surface area contributed by atoms with Crippen LogP contribution in [0.25, 0.3) is 0 Å². The van der Waals surface area contributed by atoms with Crippen LogP contribution in [0, 0.1) is 0 Å². The lowest BCUT2D eigenvalue weighted by molar-refractivity contribution is -0.701. The number of imidazole rings is 1. The standard InChI is InChI=1S/C6H10N2O/c1-6(9)4-8-3-2-7-5-8/h2-3,5-6,9H,4H2,1H3/p+1. The minimum Gasteiger partial charge on any atom is -0.389 e. The Hall–Kier alpha value is -0.830. The number of hydrogen-bond donors (Lipinski definition) is 2. The lowest BCUT2D eigenvalue weighted by Gasteiger charge is -1.96. The highest BCUT2D eigenvalue weighted by Gasteiger charge is 1.99. The molecule has 0 saturated heterocycles. The first kappa shape index (κ1) is 6.29. The van der Waals surface area contributed by atoms with Crippen molar-refractivity contribution in [2.45, 2.75) is 19.6 Å². The van der Waals surface area contributed by atoms with Gasteiger partial charge in [0.25, 0.3) is 0 Å². The van der Waals surface area contributed by atoms with Crippen LogP contribution in [0.1, 0.15) is 6.92 Å². The summed E-state index contributed by atoms with van der Waals surface area (Å²) in [5, 5.41) is 8.89. The van der Waals surface area contributed by atoms with Crippen LogP contribution in [-0.4, -0.2) is 16.2 Å². The Bertz CT molecular complexity index is 158. The van der Waals surface area contributed by atoms with Crippen molar-refractivity contribution in [1.82, 2.24) is 4.98 Å². The van der Waals surface area contributed by atoms with Gasteiger partial charge in [-0.3, -0.25) is 4.98 Å². The zero-order valence-electron chi connectivity index (χ0n) is 5.41. The van der Waals surface area contributed by atoms with Crippen molar-refractivity contribution in [2.75, 3.05) is 0 Å². The van der Waals surface area contributed by atoms with Gasteiger partial charge in [0.05, 0.1) is 6.10 Å². The van der Waals surface area contributed by atoms with E-state index in [1.165, 1.54) is 0 Å². The van der Waals surface area contributed by atoms with Gasteiger partial charge < -0.3 is 5.11 Å². The maximum absolute atomic E-state index is 8.89. The number of aliphatic hydroxyl groups is 1. The topological polar surface area (TPSA) is 39.9 Å². The van der Waals surface area contributed by atoms with E-state index in [4.69, 9.17) is 5.11 Å². The highest BCUT2D eigenvalue weighted by Crippen LogP contribution is 1.77. The predicted molar refractivity (Wildman–Crippen MR) is 32.7 cm³/mol. The lowest BCUT2D eigenvalue weighted by atomic mass is 10.4. The summed E-state index contributed by atoms with van der Waals surface area (Å²) in [7, 11) is 0. The summed E-state index contributed by atoms with van der Waals surface area (Å²) in [6, 6.07) is 0. The van der Waals surface area contributed by atoms with Gasteiger partial charge >= 0.3 is 0 Å². The normalized spacial score (nSPS) is 13.6. The van der Waals surface area contributed by atoms with Crippen LogP contribution < -0.4 is 4.57 Å². The first-order chi connectivity index (χ1) is 4.29. The van der Waals surface area contributed by atoms with Gasteiger partial charge in [-0.05, 0) is 6.92 Å². The molecule has 0 amide bonds. The fourth-order valence-electron chi connectivity index (χ4n) is 0.739. The summed E-state index contributed by atoms with van der Waals surface area (Å²) >= 11 is 0. The van der Waals surface area contributed by atoms with Crippen molar-refractivity contribution < 1.29 is 9.67 Å². The molecule has 1 heterocycles. The van der Waals surface area contributed by atoms with Crippen LogP contribution >= 0.6 is 0 Å². The molecule has 3 nitrogen and oxygen atoms in total. The third-order valence-corrected chi connectivity index (χ3v) is 1.08. The molecule has 0 aliphatic rings. The van der Waals surface area contributed by atoms with Crippen LogP contribution in [0.2, 0.25) is 0 Å². The van der Waals surface area contributed by atoms with E-state index in [2.05, 4.69) is 4.98 Å². The van der Waals surface area contributed by atoms with Crippen LogP contribution in [0.3, 0.4) is 0 Å². The van der Waals surface area contributed by atoms with E-state index >= 15 is 0 Å². The van der Waals surface area contributed by atoms with Crippen molar-refractivity contribution >= 4 is 0 Å². The van der Waals surface area contributed by atoms with E-state index in [9.17, 15) is 0 Å². The molecule has 0 fully saturated rings. The molecule has 0 saturated carbocycles. The fourth-order valence-corrected chi connectivity index (χ4v) is 0.739. The zero-order valence-corrected chi connectivity index (χ0v) is 5.41. The molecule has 0 aliphatic carbocycles. The van der Waals surface area contributed by atoms with E-state index in [0.29, 0.717) is 6.54 Å². The first-order valence-electron chi connectivity index (χ1n) is 2.99. The van der Waals surface area contributed by atoms with Crippen molar-refractivity contribution in [1.29, 1.82) is 0 Å². The van der Waals surface area contributed by atoms with Crippen LogP contribution in [0.5, 0.6) is 0 Å². The highest BCUT2D eigenvalue weighted by molar-refractivity contribution is 4.55. The number of H-pyrrole nitrogens is 1. The Kier molecular flexibility index (Phi) is 1.85. The second-order valence-electron chi connectivity index (χ2n) is 2.16. The van der Waals surface area contributed by atoms with Crippen molar-refractivity contribution in [2.24, 2.45) is 0 Å². The number of rotatable bonds is 2. The Morgan fingerprint density at radius 1 is 1.78 bits per heavy atom. The summed E-state index contributed by atoms with van der Waals surface area (Å²) in [6.45, 7) is 2.42. The lowest BCUT2D eigenvalue weighted by Crippen LogP contribution is -2.36. The molecule has 1 aromatic rings. The van der Waals surface area contributed by atoms with Gasteiger partial charge in [0.1, 0.15) is 18.9 Å². The minimum atomic E-state index is -0.272. The molecular formula is C6H11N2O+. The average Bonchev–Trinajstić information content (AvgIpc) is 2.15. The van der Waals surface area contributed by atoms with E-state index in [1.54, 1.807) is 6.92 Å². The molecule has 0 bridgehead atoms. The van der Waals surface area contributed by atoms with Gasteiger partial charge in [0, 0.05) is 0 Å². The summed E-state index contributed by atoms with van der Waals surface area (Å²) in [5.74, 6) is 0. The van der Waals surface area contributed by atoms with Gasteiger partial charge in [-0.25, -0.2) is 4.57 Å². The quantitative estimate of drug-likeness (QED) is 0.525. The Morgan fingerprint density at radius 2 is 2.56 bits per heavy atom. The third kappa shape index (κ3) is 1.85. The molecule has 3 heteroatoms. The first-order valence-corrected chi connectivity index (χ1v) is 2.99. The maximum Gasteiger partial charge on any atom is 0.241 e. The summed E-state index contributed by atoms with van der Waals surface area (Å²) in [5.41, 5.74) is 0. The van der Waals surface area contributed by atoms with Crippen LogP contribution in [0.4, 0.5) is 0 Å². The molecule has 1 rings (SSSR count). The molecule has 1 atom stereocenters. The monoisotopic (exact) mass is 127 g/mol. The van der Waals surface area contributed by atoms with Crippen molar-refractivity contribution in [3.63, 3.8) is 0 Å². The van der Waals surface area contributed by atoms with E-state index in [-0.39, 0.29) is 6.10 Å². The fraction of sp³-hybridized carbons (Fsp3) is 0.500. The third-order valence-electron chi connectivity index (χ3n) is 1.08. The van der Waals surface area contributed by atoms with E-state index < -0.39 is 0 Å². The zero-order chi connectivity index (χ0) is 6.69. The molecule has 9 heavy (non-hydrogen) atoms. The largest absolute Gasteiger partial charge is 0.389 e. The number of hydrogen-bond acceptors (Lipinski definition) is 1. The molecule has 50 valence electrons. The molecule has 0 aliphatic heterocycles. The summed E-state index contributed by atoms with van der Waals surface area (Å²) in [4.78, 5) is 2.89. The second-order valence-corrected chi connectivity index (χ2v) is 2.16. The molecule has 1 aromatic heterocycles. The number of nitrogens with one attached hydrogen (secondary N) is 1. The van der Waals surface area contributed by atoms with E-state index in [1.807, 2.05) is 23.3 Å². The minimum absolute atomic E-state index is 0.272. The smallest absolute Gasteiger partial charge is 0.241 e. The molecule has 2 N–H and O–H groups in total. The molecule has 1 unspecified atom stereocenters. The number of aliphatic hydroxyl groups excluding tert-OH is 1. The van der Waals surface area contributed by atoms with Crippen molar-refractivity contribution in [3.8, 4) is 0 Å². The van der Waals surface area contributed by atoms with Gasteiger partial charge in [0.15, 0.2) is 0 Å². The second kappa shape index (κ2) is 2.64. The van der Waals surface area contributed by atoms with Gasteiger partial charge in [-0.1, -0.05) is 0 Å². The van der Waals surface area contributed by atoms with E-state index in [0.717, 1.165) is 0 Å². The predicted octanol–water partition coefficient (Wildman–Crippen LogP) is -0.317. The number of aromatic amines is 1. The van der Waals surface area contributed by atoms with Crippen molar-refractivity contribution in [3.05, 3.63) is 18.7 Å². The maximum atomic E-state index is 8.89. The molecule has 0 aromatic carbocycles. The van der Waals surface area contributed by atoms with Gasteiger partial charge in [-0.15, -0.1) is 0 Å². The summed E-state index contributed by atoms with van der Waals surface area (Å²) < 4.78 is 1.89. The summed E-state index contributed by atoms with van der Waals surface area (Å²) in [6.07, 6.45) is 5.24. The number of nitrogens with zero attached hydrogens (tertiary/aromatic N) is 1. The van der Waals surface area contributed by atoms with Crippen LogP contribution in [0.15, 0.2) is 18.7 Å². The van der Waals surface area contributed by atoms with Gasteiger partial charge in [0.2, 0.25) is 6.33 Å². The highest BCUT2D eigenvalue weighted by atomic mass is 16.3.